The molecule has 3 amide bonds. The molecule has 0 spiro atoms. The SMILES string of the molecule is CCCCCNC(=O)C(c1cccc(O)c1)N(C(=O)C(C)NC(=O)OC(C)(C)C)C(C)(C)C. The Morgan fingerprint density at radius 3 is 2.24 bits per heavy atom. The summed E-state index contributed by atoms with van der Waals surface area (Å²) in [6.07, 6.45) is 2.12. The van der Waals surface area contributed by atoms with Gasteiger partial charge < -0.3 is 25.4 Å². The summed E-state index contributed by atoms with van der Waals surface area (Å²) in [6, 6.07) is 4.40. The summed E-state index contributed by atoms with van der Waals surface area (Å²) in [5.74, 6) is -0.785. The molecule has 3 N–H and O–H groups in total. The molecule has 0 saturated heterocycles. The number of carbonyl (C=O) groups excluding carboxylic acids is 3. The van der Waals surface area contributed by atoms with E-state index in [0.717, 1.165) is 19.3 Å². The minimum Gasteiger partial charge on any atom is -0.508 e. The van der Waals surface area contributed by atoms with Crippen LogP contribution < -0.4 is 10.6 Å². The van der Waals surface area contributed by atoms with Crippen molar-refractivity contribution in [2.75, 3.05) is 6.54 Å². The second-order valence-corrected chi connectivity index (χ2v) is 10.2. The smallest absolute Gasteiger partial charge is 0.408 e. The van der Waals surface area contributed by atoms with Crippen LogP contribution in [0.3, 0.4) is 0 Å². The fourth-order valence-corrected chi connectivity index (χ4v) is 3.40. The number of hydrogen-bond donors (Lipinski definition) is 3. The predicted octanol–water partition coefficient (Wildman–Crippen LogP) is 4.28. The molecule has 0 aromatic heterocycles. The number of phenolic OH excluding ortho intramolecular Hbond substituents is 1. The van der Waals surface area contributed by atoms with E-state index in [1.165, 1.54) is 17.0 Å². The molecule has 0 aliphatic carbocycles. The molecule has 2 atom stereocenters. The van der Waals surface area contributed by atoms with Gasteiger partial charge in [-0.3, -0.25) is 9.59 Å². The number of nitrogens with zero attached hydrogens (tertiary/aromatic N) is 1. The number of nitrogens with one attached hydrogen (secondary N) is 2. The Morgan fingerprint density at radius 2 is 1.73 bits per heavy atom. The first kappa shape index (κ1) is 28.3. The van der Waals surface area contributed by atoms with Crippen LogP contribution in [0.15, 0.2) is 24.3 Å². The maximum Gasteiger partial charge on any atom is 0.408 e. The van der Waals surface area contributed by atoms with Crippen LogP contribution in [0.25, 0.3) is 0 Å². The third-order valence-electron chi connectivity index (χ3n) is 4.84. The molecule has 1 rings (SSSR count). The van der Waals surface area contributed by atoms with Crippen molar-refractivity contribution in [2.45, 2.75) is 97.9 Å². The minimum atomic E-state index is -0.992. The lowest BCUT2D eigenvalue weighted by atomic mass is 9.95. The van der Waals surface area contributed by atoms with Gasteiger partial charge >= 0.3 is 6.09 Å². The van der Waals surface area contributed by atoms with E-state index in [1.807, 2.05) is 20.8 Å². The number of ether oxygens (including phenoxy) is 1. The quantitative estimate of drug-likeness (QED) is 0.474. The third-order valence-corrected chi connectivity index (χ3v) is 4.84. The fraction of sp³-hybridized carbons (Fsp3) is 0.640. The van der Waals surface area contributed by atoms with Gasteiger partial charge in [-0.05, 0) is 72.6 Å². The Morgan fingerprint density at radius 1 is 1.09 bits per heavy atom. The maximum atomic E-state index is 13.6. The molecule has 8 nitrogen and oxygen atoms in total. The van der Waals surface area contributed by atoms with E-state index in [0.29, 0.717) is 12.1 Å². The lowest BCUT2D eigenvalue weighted by Gasteiger charge is -2.42. The minimum absolute atomic E-state index is 0.00230. The van der Waals surface area contributed by atoms with Crippen molar-refractivity contribution >= 4 is 17.9 Å². The molecule has 33 heavy (non-hydrogen) atoms. The molecule has 0 aliphatic rings. The summed E-state index contributed by atoms with van der Waals surface area (Å²) in [6.45, 7) is 14.8. The topological polar surface area (TPSA) is 108 Å². The standard InChI is InChI=1S/C25H41N3O5/c1-9-10-11-15-26-21(30)20(18-13-12-14-19(29)16-18)28(24(3,4)5)22(31)17(2)27-23(32)33-25(6,7)8/h12-14,16-17,20,29H,9-11,15H2,1-8H3,(H,26,30)(H,27,32). The molecule has 1 aromatic rings. The van der Waals surface area contributed by atoms with Gasteiger partial charge in [-0.1, -0.05) is 31.9 Å². The van der Waals surface area contributed by atoms with Gasteiger partial charge in [-0.15, -0.1) is 0 Å². The molecule has 8 heteroatoms. The number of unbranched alkanes of at least 4 members (excludes halogenated alkanes) is 2. The third kappa shape index (κ3) is 9.32. The van der Waals surface area contributed by atoms with Crippen LogP contribution in [0.2, 0.25) is 0 Å². The molecular weight excluding hydrogens is 422 g/mol. The summed E-state index contributed by atoms with van der Waals surface area (Å²) >= 11 is 0. The van der Waals surface area contributed by atoms with Gasteiger partial charge in [0.1, 0.15) is 23.4 Å². The Balaban J connectivity index is 3.30. The highest BCUT2D eigenvalue weighted by atomic mass is 16.6. The van der Waals surface area contributed by atoms with Crippen LogP contribution in [0.4, 0.5) is 4.79 Å². The fourth-order valence-electron chi connectivity index (χ4n) is 3.40. The normalized spacial score (nSPS) is 13.6. The van der Waals surface area contributed by atoms with Gasteiger partial charge in [0.25, 0.3) is 0 Å². The van der Waals surface area contributed by atoms with E-state index in [9.17, 15) is 19.5 Å². The zero-order valence-electron chi connectivity index (χ0n) is 21.3. The molecule has 0 saturated carbocycles. The van der Waals surface area contributed by atoms with Crippen LogP contribution in [0.5, 0.6) is 5.75 Å². The first-order valence-electron chi connectivity index (χ1n) is 11.6. The summed E-state index contributed by atoms with van der Waals surface area (Å²) < 4.78 is 5.28. The van der Waals surface area contributed by atoms with Crippen molar-refractivity contribution in [1.82, 2.24) is 15.5 Å². The maximum absolute atomic E-state index is 13.6. The van der Waals surface area contributed by atoms with Crippen molar-refractivity contribution in [3.8, 4) is 5.75 Å². The molecule has 0 bridgehead atoms. The number of rotatable bonds is 9. The average Bonchev–Trinajstić information content (AvgIpc) is 2.66. The molecule has 186 valence electrons. The number of aromatic hydroxyl groups is 1. The van der Waals surface area contributed by atoms with Gasteiger partial charge in [0, 0.05) is 12.1 Å². The van der Waals surface area contributed by atoms with E-state index in [1.54, 1.807) is 39.8 Å². The first-order valence-corrected chi connectivity index (χ1v) is 11.6. The van der Waals surface area contributed by atoms with Crippen molar-refractivity contribution in [2.24, 2.45) is 0 Å². The van der Waals surface area contributed by atoms with Gasteiger partial charge in [-0.2, -0.15) is 0 Å². The number of phenols is 1. The van der Waals surface area contributed by atoms with Crippen LogP contribution in [-0.2, 0) is 14.3 Å². The number of amides is 3. The lowest BCUT2D eigenvalue weighted by molar-refractivity contribution is -0.148. The molecule has 0 radical (unpaired) electrons. The zero-order valence-corrected chi connectivity index (χ0v) is 21.3. The van der Waals surface area contributed by atoms with E-state index < -0.39 is 35.2 Å². The van der Waals surface area contributed by atoms with Crippen LogP contribution in [0, 0.1) is 0 Å². The van der Waals surface area contributed by atoms with Crippen molar-refractivity contribution in [3.05, 3.63) is 29.8 Å². The second kappa shape index (κ2) is 11.9. The number of carbonyl (C=O) groups is 3. The lowest BCUT2D eigenvalue weighted by Crippen LogP contribution is -2.58. The highest BCUT2D eigenvalue weighted by Crippen LogP contribution is 2.31. The predicted molar refractivity (Wildman–Crippen MR) is 129 cm³/mol. The number of hydrogen-bond acceptors (Lipinski definition) is 5. The second-order valence-electron chi connectivity index (χ2n) is 10.2. The van der Waals surface area contributed by atoms with Crippen molar-refractivity contribution < 1.29 is 24.2 Å². The Bertz CT molecular complexity index is 811. The highest BCUT2D eigenvalue weighted by Gasteiger charge is 2.40. The Kier molecular flexibility index (Phi) is 10.2. The van der Waals surface area contributed by atoms with Gasteiger partial charge in [0.05, 0.1) is 0 Å². The first-order chi connectivity index (χ1) is 15.2. The molecule has 2 unspecified atom stereocenters. The molecule has 0 heterocycles. The molecule has 0 aliphatic heterocycles. The van der Waals surface area contributed by atoms with Gasteiger partial charge in [0.15, 0.2) is 0 Å². The van der Waals surface area contributed by atoms with Crippen molar-refractivity contribution in [3.63, 3.8) is 0 Å². The monoisotopic (exact) mass is 463 g/mol. The van der Waals surface area contributed by atoms with E-state index in [-0.39, 0.29) is 11.7 Å². The van der Waals surface area contributed by atoms with E-state index in [2.05, 4.69) is 17.6 Å². The van der Waals surface area contributed by atoms with E-state index in [4.69, 9.17) is 4.74 Å². The van der Waals surface area contributed by atoms with Crippen molar-refractivity contribution in [1.29, 1.82) is 0 Å². The summed E-state index contributed by atoms with van der Waals surface area (Å²) in [5.41, 5.74) is -0.993. The average molecular weight is 464 g/mol. The summed E-state index contributed by atoms with van der Waals surface area (Å²) in [4.78, 5) is 40.6. The van der Waals surface area contributed by atoms with Crippen LogP contribution >= 0.6 is 0 Å². The number of alkyl carbamates (subject to hydrolysis) is 1. The Hall–Kier alpha value is -2.77. The van der Waals surface area contributed by atoms with Crippen LogP contribution in [0.1, 0.15) is 86.3 Å². The molecule has 1 aromatic carbocycles. The Labute approximate surface area is 198 Å². The van der Waals surface area contributed by atoms with Crippen LogP contribution in [-0.4, -0.2) is 51.6 Å². The van der Waals surface area contributed by atoms with Gasteiger partial charge in [0.2, 0.25) is 11.8 Å². The zero-order chi connectivity index (χ0) is 25.4. The highest BCUT2D eigenvalue weighted by molar-refractivity contribution is 5.92. The summed E-state index contributed by atoms with van der Waals surface area (Å²) in [5, 5.41) is 15.5. The largest absolute Gasteiger partial charge is 0.508 e. The van der Waals surface area contributed by atoms with E-state index >= 15 is 0 Å². The number of benzene rings is 1. The molecular formula is C25H41N3O5. The molecule has 0 fully saturated rings. The summed E-state index contributed by atoms with van der Waals surface area (Å²) in [7, 11) is 0. The van der Waals surface area contributed by atoms with Gasteiger partial charge in [-0.25, -0.2) is 4.79 Å².